The minimum atomic E-state index is -0.232. The Bertz CT molecular complexity index is 607. The standard InChI is InChI=1S/C15H19ClN2O2/c1-3-20-15(19)10-18-9-11(6-7-17-2)13-5-4-12(16)8-14(13)18/h4-5,8-9,17H,3,6-7,10H2,1-2H3. The minimum absolute atomic E-state index is 0.213. The molecule has 2 rings (SSSR count). The van der Waals surface area contributed by atoms with Crippen LogP contribution < -0.4 is 5.32 Å². The lowest BCUT2D eigenvalue weighted by molar-refractivity contribution is -0.143. The number of ether oxygens (including phenoxy) is 1. The zero-order chi connectivity index (χ0) is 14.5. The van der Waals surface area contributed by atoms with Gasteiger partial charge in [0.2, 0.25) is 0 Å². The average Bonchev–Trinajstić information content (AvgIpc) is 2.74. The maximum atomic E-state index is 11.7. The van der Waals surface area contributed by atoms with E-state index in [0.717, 1.165) is 23.9 Å². The van der Waals surface area contributed by atoms with Crippen LogP contribution in [0.2, 0.25) is 5.02 Å². The molecule has 0 unspecified atom stereocenters. The number of fused-ring (bicyclic) bond motifs is 1. The van der Waals surface area contributed by atoms with Gasteiger partial charge in [-0.3, -0.25) is 4.79 Å². The first kappa shape index (κ1) is 14.9. The molecule has 1 heterocycles. The molecule has 0 radical (unpaired) electrons. The van der Waals surface area contributed by atoms with Gasteiger partial charge in [0.1, 0.15) is 6.54 Å². The van der Waals surface area contributed by atoms with Crippen molar-refractivity contribution in [3.8, 4) is 0 Å². The molecule has 0 saturated carbocycles. The fraction of sp³-hybridized carbons (Fsp3) is 0.400. The van der Waals surface area contributed by atoms with Gasteiger partial charge in [-0.15, -0.1) is 0 Å². The summed E-state index contributed by atoms with van der Waals surface area (Å²) in [5.74, 6) is -0.232. The van der Waals surface area contributed by atoms with Crippen LogP contribution in [0, 0.1) is 0 Å². The van der Waals surface area contributed by atoms with Crippen LogP contribution in [0.1, 0.15) is 12.5 Å². The van der Waals surface area contributed by atoms with E-state index in [2.05, 4.69) is 5.32 Å². The fourth-order valence-corrected chi connectivity index (χ4v) is 2.44. The van der Waals surface area contributed by atoms with Crippen LogP contribution in [0.25, 0.3) is 10.9 Å². The van der Waals surface area contributed by atoms with E-state index in [1.807, 2.05) is 36.0 Å². The Kier molecular flexibility index (Phi) is 5.04. The van der Waals surface area contributed by atoms with E-state index in [1.54, 1.807) is 6.92 Å². The van der Waals surface area contributed by atoms with Crippen molar-refractivity contribution in [3.05, 3.63) is 35.0 Å². The Morgan fingerprint density at radius 3 is 2.95 bits per heavy atom. The zero-order valence-corrected chi connectivity index (χ0v) is 12.5. The number of aromatic nitrogens is 1. The molecule has 108 valence electrons. The molecule has 0 atom stereocenters. The highest BCUT2D eigenvalue weighted by atomic mass is 35.5. The Balaban J connectivity index is 2.37. The lowest BCUT2D eigenvalue weighted by Crippen LogP contribution is -2.13. The third kappa shape index (κ3) is 3.32. The summed E-state index contributed by atoms with van der Waals surface area (Å²) in [6.07, 6.45) is 2.92. The van der Waals surface area contributed by atoms with Gasteiger partial charge in [0.25, 0.3) is 0 Å². The normalized spacial score (nSPS) is 10.9. The minimum Gasteiger partial charge on any atom is -0.465 e. The van der Waals surface area contributed by atoms with Gasteiger partial charge >= 0.3 is 5.97 Å². The molecule has 1 aromatic carbocycles. The van der Waals surface area contributed by atoms with Crippen molar-refractivity contribution in [1.82, 2.24) is 9.88 Å². The highest BCUT2D eigenvalue weighted by Gasteiger charge is 2.12. The maximum Gasteiger partial charge on any atom is 0.325 e. The monoisotopic (exact) mass is 294 g/mol. The first-order chi connectivity index (χ1) is 9.65. The van der Waals surface area contributed by atoms with Crippen LogP contribution in [-0.4, -0.2) is 30.7 Å². The number of esters is 1. The highest BCUT2D eigenvalue weighted by Crippen LogP contribution is 2.25. The number of carbonyl (C=O) groups excluding carboxylic acids is 1. The van der Waals surface area contributed by atoms with E-state index in [4.69, 9.17) is 16.3 Å². The third-order valence-electron chi connectivity index (χ3n) is 3.18. The zero-order valence-electron chi connectivity index (χ0n) is 11.8. The molecule has 0 spiro atoms. The number of nitrogens with zero attached hydrogens (tertiary/aromatic N) is 1. The number of hydrogen-bond donors (Lipinski definition) is 1. The van der Waals surface area contributed by atoms with Crippen molar-refractivity contribution in [2.75, 3.05) is 20.2 Å². The fourth-order valence-electron chi connectivity index (χ4n) is 2.28. The molecule has 1 N–H and O–H groups in total. The van der Waals surface area contributed by atoms with Gasteiger partial charge in [0.15, 0.2) is 0 Å². The van der Waals surface area contributed by atoms with Crippen LogP contribution >= 0.6 is 11.6 Å². The van der Waals surface area contributed by atoms with Crippen LogP contribution in [0.3, 0.4) is 0 Å². The molecular weight excluding hydrogens is 276 g/mol. The summed E-state index contributed by atoms with van der Waals surface area (Å²) in [6.45, 7) is 3.30. The number of rotatable bonds is 6. The summed E-state index contributed by atoms with van der Waals surface area (Å²) in [7, 11) is 1.93. The Labute approximate surface area is 123 Å². The van der Waals surface area contributed by atoms with Gasteiger partial charge in [-0.05, 0) is 44.6 Å². The van der Waals surface area contributed by atoms with E-state index >= 15 is 0 Å². The molecule has 2 aromatic rings. The van der Waals surface area contributed by atoms with Crippen LogP contribution in [0.4, 0.5) is 0 Å². The van der Waals surface area contributed by atoms with E-state index < -0.39 is 0 Å². The average molecular weight is 295 g/mol. The SMILES string of the molecule is CCOC(=O)Cn1cc(CCNC)c2ccc(Cl)cc21. The van der Waals surface area contributed by atoms with Crippen molar-refractivity contribution in [1.29, 1.82) is 0 Å². The van der Waals surface area contributed by atoms with Crippen molar-refractivity contribution in [2.24, 2.45) is 0 Å². The number of halogens is 1. The molecule has 0 bridgehead atoms. The van der Waals surface area contributed by atoms with Gasteiger partial charge in [-0.2, -0.15) is 0 Å². The van der Waals surface area contributed by atoms with Crippen LogP contribution in [-0.2, 0) is 22.5 Å². The summed E-state index contributed by atoms with van der Waals surface area (Å²) in [4.78, 5) is 11.7. The molecule has 0 saturated heterocycles. The van der Waals surface area contributed by atoms with Gasteiger partial charge in [0, 0.05) is 16.6 Å². The predicted molar refractivity (Wildman–Crippen MR) is 81.2 cm³/mol. The summed E-state index contributed by atoms with van der Waals surface area (Å²) in [6, 6.07) is 5.77. The van der Waals surface area contributed by atoms with Gasteiger partial charge in [-0.1, -0.05) is 17.7 Å². The first-order valence-electron chi connectivity index (χ1n) is 6.73. The highest BCUT2D eigenvalue weighted by molar-refractivity contribution is 6.31. The molecule has 5 heteroatoms. The molecule has 0 aliphatic rings. The van der Waals surface area contributed by atoms with Crippen molar-refractivity contribution < 1.29 is 9.53 Å². The Hall–Kier alpha value is -1.52. The number of nitrogens with one attached hydrogen (secondary N) is 1. The van der Waals surface area contributed by atoms with E-state index in [1.165, 1.54) is 5.56 Å². The van der Waals surface area contributed by atoms with Crippen molar-refractivity contribution >= 4 is 28.5 Å². The summed E-state index contributed by atoms with van der Waals surface area (Å²) in [5, 5.41) is 4.94. The Morgan fingerprint density at radius 2 is 2.25 bits per heavy atom. The van der Waals surface area contributed by atoms with E-state index in [0.29, 0.717) is 11.6 Å². The van der Waals surface area contributed by atoms with E-state index in [-0.39, 0.29) is 12.5 Å². The molecule has 0 aliphatic heterocycles. The predicted octanol–water partition coefficient (Wildman–Crippen LogP) is 2.62. The topological polar surface area (TPSA) is 43.3 Å². The number of likely N-dealkylation sites (N-methyl/N-ethyl adjacent to an activating group) is 1. The number of hydrogen-bond acceptors (Lipinski definition) is 3. The van der Waals surface area contributed by atoms with Gasteiger partial charge < -0.3 is 14.6 Å². The maximum absolute atomic E-state index is 11.7. The molecule has 0 aliphatic carbocycles. The second-order valence-electron chi connectivity index (χ2n) is 4.60. The number of carbonyl (C=O) groups is 1. The van der Waals surface area contributed by atoms with Gasteiger partial charge in [-0.25, -0.2) is 0 Å². The van der Waals surface area contributed by atoms with Crippen LogP contribution in [0.5, 0.6) is 0 Å². The molecular formula is C15H19ClN2O2. The Morgan fingerprint density at radius 1 is 1.45 bits per heavy atom. The smallest absolute Gasteiger partial charge is 0.325 e. The van der Waals surface area contributed by atoms with Crippen molar-refractivity contribution in [3.63, 3.8) is 0 Å². The second-order valence-corrected chi connectivity index (χ2v) is 5.04. The largest absolute Gasteiger partial charge is 0.465 e. The second kappa shape index (κ2) is 6.77. The van der Waals surface area contributed by atoms with Gasteiger partial charge in [0.05, 0.1) is 12.1 Å². The lowest BCUT2D eigenvalue weighted by Gasteiger charge is -2.05. The molecule has 1 aromatic heterocycles. The molecule has 0 fully saturated rings. The lowest BCUT2D eigenvalue weighted by atomic mass is 10.1. The third-order valence-corrected chi connectivity index (χ3v) is 3.41. The summed E-state index contributed by atoms with van der Waals surface area (Å²) in [5.41, 5.74) is 2.17. The molecule has 20 heavy (non-hydrogen) atoms. The summed E-state index contributed by atoms with van der Waals surface area (Å²) < 4.78 is 6.92. The van der Waals surface area contributed by atoms with Crippen LogP contribution in [0.15, 0.2) is 24.4 Å². The summed E-state index contributed by atoms with van der Waals surface area (Å²) >= 11 is 6.06. The molecule has 0 amide bonds. The first-order valence-corrected chi connectivity index (χ1v) is 7.11. The molecule has 4 nitrogen and oxygen atoms in total. The van der Waals surface area contributed by atoms with Crippen molar-refractivity contribution in [2.45, 2.75) is 19.9 Å². The van der Waals surface area contributed by atoms with E-state index in [9.17, 15) is 4.79 Å². The quantitative estimate of drug-likeness (QED) is 0.833. The number of benzene rings is 1.